The van der Waals surface area contributed by atoms with E-state index in [0.29, 0.717) is 17.9 Å². The number of rotatable bonds is 10. The Balaban J connectivity index is 1.66. The van der Waals surface area contributed by atoms with Crippen LogP contribution in [0.2, 0.25) is 0 Å². The van der Waals surface area contributed by atoms with Crippen LogP contribution < -0.4 is 14.2 Å². The highest BCUT2D eigenvalue weighted by atomic mass is 16.5. The highest BCUT2D eigenvalue weighted by Crippen LogP contribution is 2.28. The average Bonchev–Trinajstić information content (AvgIpc) is 2.80. The van der Waals surface area contributed by atoms with E-state index in [1.165, 1.54) is 25.3 Å². The van der Waals surface area contributed by atoms with Crippen LogP contribution in [0.25, 0.3) is 6.08 Å². The van der Waals surface area contributed by atoms with Gasteiger partial charge in [-0.05, 0) is 47.5 Å². The number of hydrogen-bond acceptors (Lipinski definition) is 5. The summed E-state index contributed by atoms with van der Waals surface area (Å²) in [6.07, 6.45) is 3.17. The Labute approximate surface area is 180 Å². The molecular formula is C25H22O6. The second-order valence-electron chi connectivity index (χ2n) is 6.59. The Hall–Kier alpha value is -4.06. The highest BCUT2D eigenvalue weighted by molar-refractivity contribution is 6.07. The van der Waals surface area contributed by atoms with Crippen LogP contribution in [-0.2, 0) is 11.4 Å². The van der Waals surface area contributed by atoms with Crippen molar-refractivity contribution >= 4 is 17.8 Å². The van der Waals surface area contributed by atoms with E-state index in [-0.39, 0.29) is 17.3 Å². The summed E-state index contributed by atoms with van der Waals surface area (Å²) in [5.41, 5.74) is 2.29. The number of ether oxygens (including phenoxy) is 3. The number of methoxy groups -OCH3 is 1. The summed E-state index contributed by atoms with van der Waals surface area (Å²) in [6.45, 7) is -0.0325. The standard InChI is InChI=1S/C25H22O6/c1-29-24-15-20(11-13-23(24)31-17-25(27)28)22(26)12-10-18-8-5-9-21(14-18)30-16-19-6-3-2-4-7-19/h2-15H,16-17H2,1H3,(H,27,28)/b12-10+. The van der Waals surface area contributed by atoms with E-state index < -0.39 is 12.6 Å². The molecule has 0 spiro atoms. The molecule has 0 bridgehead atoms. The predicted molar refractivity (Wildman–Crippen MR) is 117 cm³/mol. The lowest BCUT2D eigenvalue weighted by atomic mass is 10.1. The van der Waals surface area contributed by atoms with Gasteiger partial charge in [0, 0.05) is 5.56 Å². The van der Waals surface area contributed by atoms with Crippen molar-refractivity contribution in [2.75, 3.05) is 13.7 Å². The van der Waals surface area contributed by atoms with Gasteiger partial charge in [-0.3, -0.25) is 4.79 Å². The number of allylic oxidation sites excluding steroid dienone is 1. The molecule has 0 fully saturated rings. The summed E-state index contributed by atoms with van der Waals surface area (Å²) in [4.78, 5) is 23.2. The molecule has 0 saturated heterocycles. The molecule has 158 valence electrons. The van der Waals surface area contributed by atoms with Crippen molar-refractivity contribution in [3.63, 3.8) is 0 Å². The Bertz CT molecular complexity index is 1070. The smallest absolute Gasteiger partial charge is 0.341 e. The minimum absolute atomic E-state index is 0.223. The van der Waals surface area contributed by atoms with Crippen molar-refractivity contribution in [2.45, 2.75) is 6.61 Å². The summed E-state index contributed by atoms with van der Waals surface area (Å²) in [5.74, 6) is -0.0654. The zero-order valence-electron chi connectivity index (χ0n) is 17.0. The van der Waals surface area contributed by atoms with Crippen LogP contribution in [-0.4, -0.2) is 30.6 Å². The van der Waals surface area contributed by atoms with Gasteiger partial charge in [-0.25, -0.2) is 4.79 Å². The van der Waals surface area contributed by atoms with Crippen LogP contribution in [0.15, 0.2) is 78.9 Å². The van der Waals surface area contributed by atoms with Crippen LogP contribution in [0.3, 0.4) is 0 Å². The van der Waals surface area contributed by atoms with E-state index in [9.17, 15) is 9.59 Å². The van der Waals surface area contributed by atoms with E-state index in [0.717, 1.165) is 11.1 Å². The zero-order valence-corrected chi connectivity index (χ0v) is 17.0. The van der Waals surface area contributed by atoms with Crippen molar-refractivity contribution in [1.29, 1.82) is 0 Å². The first-order chi connectivity index (χ1) is 15.0. The quantitative estimate of drug-likeness (QED) is 0.382. The second kappa shape index (κ2) is 10.6. The Morgan fingerprint density at radius 1 is 0.903 bits per heavy atom. The van der Waals surface area contributed by atoms with Crippen LogP contribution in [0, 0.1) is 0 Å². The molecule has 1 N–H and O–H groups in total. The molecule has 6 heteroatoms. The molecule has 6 nitrogen and oxygen atoms in total. The molecule has 0 heterocycles. The summed E-state index contributed by atoms with van der Waals surface area (Å²) in [6, 6.07) is 21.9. The molecule has 3 aromatic rings. The molecule has 0 atom stereocenters. The SMILES string of the molecule is COc1cc(C(=O)/C=C/c2cccc(OCc3ccccc3)c2)ccc1OCC(=O)O. The van der Waals surface area contributed by atoms with Gasteiger partial charge in [0.2, 0.25) is 0 Å². The first-order valence-electron chi connectivity index (χ1n) is 9.57. The molecule has 0 unspecified atom stereocenters. The average molecular weight is 418 g/mol. The Kier molecular flexibility index (Phi) is 7.43. The predicted octanol–water partition coefficient (Wildman–Crippen LogP) is 4.63. The van der Waals surface area contributed by atoms with Crippen molar-refractivity contribution in [1.82, 2.24) is 0 Å². The fourth-order valence-electron chi connectivity index (χ4n) is 2.80. The largest absolute Gasteiger partial charge is 0.493 e. The molecule has 0 amide bonds. The lowest BCUT2D eigenvalue weighted by molar-refractivity contribution is -0.139. The topological polar surface area (TPSA) is 82.1 Å². The third kappa shape index (κ3) is 6.47. The maximum atomic E-state index is 12.6. The molecule has 0 aliphatic rings. The third-order valence-corrected chi connectivity index (χ3v) is 4.33. The van der Waals surface area contributed by atoms with E-state index in [2.05, 4.69) is 0 Å². The molecule has 3 aromatic carbocycles. The number of aliphatic carboxylic acids is 1. The second-order valence-corrected chi connectivity index (χ2v) is 6.59. The van der Waals surface area contributed by atoms with Crippen molar-refractivity contribution in [3.8, 4) is 17.2 Å². The lowest BCUT2D eigenvalue weighted by Crippen LogP contribution is -2.10. The summed E-state index contributed by atoms with van der Waals surface area (Å²) in [5, 5.41) is 8.73. The monoisotopic (exact) mass is 418 g/mol. The van der Waals surface area contributed by atoms with Crippen LogP contribution in [0.4, 0.5) is 0 Å². The van der Waals surface area contributed by atoms with Crippen molar-refractivity contribution < 1.29 is 28.9 Å². The van der Waals surface area contributed by atoms with Gasteiger partial charge in [0.05, 0.1) is 7.11 Å². The van der Waals surface area contributed by atoms with Crippen LogP contribution in [0.1, 0.15) is 21.5 Å². The highest BCUT2D eigenvalue weighted by Gasteiger charge is 2.11. The number of carbonyl (C=O) groups is 2. The zero-order chi connectivity index (χ0) is 22.1. The summed E-state index contributed by atoms with van der Waals surface area (Å²) < 4.78 is 16.2. The van der Waals surface area contributed by atoms with E-state index >= 15 is 0 Å². The Morgan fingerprint density at radius 2 is 1.71 bits per heavy atom. The number of ketones is 1. The Morgan fingerprint density at radius 3 is 2.45 bits per heavy atom. The van der Waals surface area contributed by atoms with Crippen LogP contribution in [0.5, 0.6) is 17.2 Å². The number of benzene rings is 3. The molecule has 0 radical (unpaired) electrons. The van der Waals surface area contributed by atoms with Crippen molar-refractivity contribution in [2.24, 2.45) is 0 Å². The van der Waals surface area contributed by atoms with E-state index in [1.54, 1.807) is 12.1 Å². The molecule has 0 saturated carbocycles. The maximum absolute atomic E-state index is 12.6. The number of carboxylic acids is 1. The first kappa shape index (κ1) is 21.6. The third-order valence-electron chi connectivity index (χ3n) is 4.33. The normalized spacial score (nSPS) is 10.6. The van der Waals surface area contributed by atoms with Gasteiger partial charge in [0.25, 0.3) is 0 Å². The van der Waals surface area contributed by atoms with Gasteiger partial charge in [-0.2, -0.15) is 0 Å². The molecule has 0 aliphatic carbocycles. The van der Waals surface area contributed by atoms with E-state index in [4.69, 9.17) is 19.3 Å². The number of hydrogen-bond donors (Lipinski definition) is 1. The van der Waals surface area contributed by atoms with Gasteiger partial charge in [-0.1, -0.05) is 48.5 Å². The van der Waals surface area contributed by atoms with Gasteiger partial charge in [0.1, 0.15) is 12.4 Å². The maximum Gasteiger partial charge on any atom is 0.341 e. The minimum atomic E-state index is -1.10. The molecule has 3 rings (SSSR count). The number of carboxylic acid groups (broad SMARTS) is 1. The summed E-state index contributed by atoms with van der Waals surface area (Å²) in [7, 11) is 1.42. The number of carbonyl (C=O) groups excluding carboxylic acids is 1. The fourth-order valence-corrected chi connectivity index (χ4v) is 2.80. The van der Waals surface area contributed by atoms with Gasteiger partial charge >= 0.3 is 5.97 Å². The molecule has 31 heavy (non-hydrogen) atoms. The first-order valence-corrected chi connectivity index (χ1v) is 9.57. The lowest BCUT2D eigenvalue weighted by Gasteiger charge is -2.10. The molecular weight excluding hydrogens is 396 g/mol. The van der Waals surface area contributed by atoms with Crippen molar-refractivity contribution in [3.05, 3.63) is 95.6 Å². The van der Waals surface area contributed by atoms with Gasteiger partial charge < -0.3 is 19.3 Å². The van der Waals surface area contributed by atoms with Crippen LogP contribution >= 0.6 is 0 Å². The van der Waals surface area contributed by atoms with E-state index in [1.807, 2.05) is 54.6 Å². The van der Waals surface area contributed by atoms with Gasteiger partial charge in [0.15, 0.2) is 23.9 Å². The minimum Gasteiger partial charge on any atom is -0.493 e. The summed E-state index contributed by atoms with van der Waals surface area (Å²) >= 11 is 0. The molecule has 0 aromatic heterocycles. The molecule has 0 aliphatic heterocycles. The van der Waals surface area contributed by atoms with Gasteiger partial charge in [-0.15, -0.1) is 0 Å². The fraction of sp³-hybridized carbons (Fsp3) is 0.120.